The van der Waals surface area contributed by atoms with E-state index >= 15 is 0 Å². The number of hydrogen-bond acceptors (Lipinski definition) is 2. The molecule has 2 atom stereocenters. The summed E-state index contributed by atoms with van der Waals surface area (Å²) < 4.78 is 0. The van der Waals surface area contributed by atoms with Crippen molar-refractivity contribution in [3.05, 3.63) is 36.0 Å². The van der Waals surface area contributed by atoms with Gasteiger partial charge in [0.25, 0.3) is 0 Å². The van der Waals surface area contributed by atoms with Crippen molar-refractivity contribution in [2.75, 3.05) is 7.05 Å². The van der Waals surface area contributed by atoms with Gasteiger partial charge in [0.2, 0.25) is 5.91 Å². The monoisotopic (exact) mass is 218 g/mol. The van der Waals surface area contributed by atoms with E-state index in [2.05, 4.69) is 18.3 Å². The zero-order valence-electron chi connectivity index (χ0n) is 9.95. The molecule has 0 saturated carbocycles. The van der Waals surface area contributed by atoms with Gasteiger partial charge in [0.1, 0.15) is 0 Å². The Labute approximate surface area is 96.4 Å². The first-order valence-corrected chi connectivity index (χ1v) is 5.40. The van der Waals surface area contributed by atoms with Gasteiger partial charge in [-0.2, -0.15) is 0 Å². The Balaban J connectivity index is 2.78. The van der Waals surface area contributed by atoms with Gasteiger partial charge in [-0.3, -0.25) is 4.79 Å². The number of hydrogen-bond donors (Lipinski definition) is 2. The fourth-order valence-corrected chi connectivity index (χ4v) is 1.69. The molecule has 0 bridgehead atoms. The highest BCUT2D eigenvalue weighted by atomic mass is 16.1. The maximum atomic E-state index is 11.2. The quantitative estimate of drug-likeness (QED) is 0.553. The summed E-state index contributed by atoms with van der Waals surface area (Å²) in [5.74, 6) is 0.224. The van der Waals surface area contributed by atoms with E-state index in [-0.39, 0.29) is 11.8 Å². The number of likely N-dealkylation sites (N-methyl/N-ethyl adjacent to an activating group) is 1. The van der Waals surface area contributed by atoms with Gasteiger partial charge in [0.15, 0.2) is 0 Å². The fraction of sp³-hybridized carbons (Fsp3) is 0.385. The molecule has 1 aliphatic carbocycles. The van der Waals surface area contributed by atoms with E-state index in [1.165, 1.54) is 6.08 Å². The maximum absolute atomic E-state index is 11.2. The summed E-state index contributed by atoms with van der Waals surface area (Å²) in [4.78, 5) is 11.2. The second kappa shape index (κ2) is 5.45. The fourth-order valence-electron chi connectivity index (χ4n) is 1.69. The number of nitrogens with one attached hydrogen (secondary N) is 2. The van der Waals surface area contributed by atoms with E-state index in [0.29, 0.717) is 11.6 Å². The summed E-state index contributed by atoms with van der Waals surface area (Å²) in [5.41, 5.74) is 1.23. The molecule has 0 aromatic rings. The van der Waals surface area contributed by atoms with Gasteiger partial charge in [-0.15, -0.1) is 0 Å². The highest BCUT2D eigenvalue weighted by molar-refractivity contribution is 6.05. The molecular formula is C13H18N2O. The molecule has 0 aliphatic heterocycles. The number of carbonyl (C=O) groups excluding carboxylic acids is 1. The van der Waals surface area contributed by atoms with E-state index in [1.807, 2.05) is 18.2 Å². The molecule has 1 aliphatic rings. The van der Waals surface area contributed by atoms with Crippen LogP contribution in [-0.2, 0) is 4.79 Å². The van der Waals surface area contributed by atoms with Gasteiger partial charge in [-0.05, 0) is 18.4 Å². The van der Waals surface area contributed by atoms with Gasteiger partial charge in [-0.25, -0.2) is 0 Å². The van der Waals surface area contributed by atoms with Crippen molar-refractivity contribution in [2.24, 2.45) is 11.8 Å². The molecule has 0 saturated heterocycles. The molecule has 0 radical (unpaired) electrons. The Morgan fingerprint density at radius 2 is 2.00 bits per heavy atom. The van der Waals surface area contributed by atoms with Crippen LogP contribution in [0.2, 0.25) is 0 Å². The molecular weight excluding hydrogens is 200 g/mol. The molecule has 3 nitrogen and oxygen atoms in total. The van der Waals surface area contributed by atoms with Crippen LogP contribution in [0.15, 0.2) is 36.0 Å². The lowest BCUT2D eigenvalue weighted by Crippen LogP contribution is -2.22. The molecule has 3 heteroatoms. The van der Waals surface area contributed by atoms with E-state index in [1.54, 1.807) is 14.0 Å². The lowest BCUT2D eigenvalue weighted by molar-refractivity contribution is -0.116. The van der Waals surface area contributed by atoms with Crippen LogP contribution in [-0.4, -0.2) is 18.7 Å². The zero-order valence-corrected chi connectivity index (χ0v) is 9.95. The predicted molar refractivity (Wildman–Crippen MR) is 66.5 cm³/mol. The Morgan fingerprint density at radius 1 is 1.38 bits per heavy atom. The Kier molecular flexibility index (Phi) is 4.23. The van der Waals surface area contributed by atoms with E-state index in [4.69, 9.17) is 5.41 Å². The minimum atomic E-state index is -0.162. The molecule has 1 rings (SSSR count). The molecule has 16 heavy (non-hydrogen) atoms. The standard InChI is InChI=1S/C13H18N2O/c1-9-6-4-5-7-11(9)13(14)10(2)8-12(16)15-3/h4-9,11,14H,1-3H3,(H,15,16)/b10-8-,14-13?/t9-,11?/m1/s1. The van der Waals surface area contributed by atoms with E-state index in [9.17, 15) is 4.79 Å². The smallest absolute Gasteiger partial charge is 0.244 e. The molecule has 0 aromatic carbocycles. The van der Waals surface area contributed by atoms with Crippen LogP contribution >= 0.6 is 0 Å². The molecule has 0 heterocycles. The van der Waals surface area contributed by atoms with Gasteiger partial charge >= 0.3 is 0 Å². The van der Waals surface area contributed by atoms with Gasteiger partial charge < -0.3 is 10.7 Å². The average molecular weight is 218 g/mol. The Hall–Kier alpha value is -1.64. The SMILES string of the molecule is CNC(=O)/C=C(/C)C(=N)C1C=CC=C[C@H]1C. The first-order valence-electron chi connectivity index (χ1n) is 5.40. The van der Waals surface area contributed by atoms with Crippen molar-refractivity contribution in [1.29, 1.82) is 5.41 Å². The minimum absolute atomic E-state index is 0.0749. The van der Waals surface area contributed by atoms with Crippen LogP contribution in [0.1, 0.15) is 13.8 Å². The van der Waals surface area contributed by atoms with E-state index < -0.39 is 0 Å². The van der Waals surface area contributed by atoms with Crippen LogP contribution in [0.3, 0.4) is 0 Å². The third-order valence-electron chi connectivity index (χ3n) is 2.76. The number of allylic oxidation sites excluding steroid dienone is 5. The van der Waals surface area contributed by atoms with Crippen molar-refractivity contribution in [2.45, 2.75) is 13.8 Å². The summed E-state index contributed by atoms with van der Waals surface area (Å²) in [5, 5.41) is 10.6. The molecule has 2 N–H and O–H groups in total. The highest BCUT2D eigenvalue weighted by Gasteiger charge is 2.20. The van der Waals surface area contributed by atoms with Crippen LogP contribution < -0.4 is 5.32 Å². The number of carbonyl (C=O) groups is 1. The topological polar surface area (TPSA) is 53.0 Å². The largest absolute Gasteiger partial charge is 0.356 e. The Morgan fingerprint density at radius 3 is 2.56 bits per heavy atom. The summed E-state index contributed by atoms with van der Waals surface area (Å²) in [6.07, 6.45) is 9.50. The van der Waals surface area contributed by atoms with Crippen molar-refractivity contribution < 1.29 is 4.79 Å². The van der Waals surface area contributed by atoms with Crippen molar-refractivity contribution >= 4 is 11.6 Å². The molecule has 1 unspecified atom stereocenters. The van der Waals surface area contributed by atoms with Crippen molar-refractivity contribution in [1.82, 2.24) is 5.32 Å². The van der Waals surface area contributed by atoms with Gasteiger partial charge in [0.05, 0.1) is 0 Å². The summed E-state index contributed by atoms with van der Waals surface area (Å²) in [6, 6.07) is 0. The van der Waals surface area contributed by atoms with Crippen LogP contribution in [0.4, 0.5) is 0 Å². The third-order valence-corrected chi connectivity index (χ3v) is 2.76. The average Bonchev–Trinajstić information content (AvgIpc) is 2.28. The Bertz CT molecular complexity index is 377. The van der Waals surface area contributed by atoms with Crippen molar-refractivity contribution in [3.8, 4) is 0 Å². The molecule has 86 valence electrons. The minimum Gasteiger partial charge on any atom is -0.356 e. The maximum Gasteiger partial charge on any atom is 0.244 e. The number of amides is 1. The summed E-state index contributed by atoms with van der Waals surface area (Å²) in [7, 11) is 1.58. The van der Waals surface area contributed by atoms with Crippen LogP contribution in [0.5, 0.6) is 0 Å². The number of rotatable bonds is 3. The first kappa shape index (κ1) is 12.4. The molecule has 0 fully saturated rings. The third kappa shape index (κ3) is 2.92. The van der Waals surface area contributed by atoms with Gasteiger partial charge in [-0.1, -0.05) is 31.2 Å². The normalized spacial score (nSPS) is 24.3. The first-order chi connectivity index (χ1) is 7.56. The second-order valence-corrected chi connectivity index (χ2v) is 4.01. The molecule has 0 aromatic heterocycles. The van der Waals surface area contributed by atoms with E-state index in [0.717, 1.165) is 5.57 Å². The lowest BCUT2D eigenvalue weighted by atomic mass is 9.83. The summed E-state index contributed by atoms with van der Waals surface area (Å²) >= 11 is 0. The molecule has 0 spiro atoms. The van der Waals surface area contributed by atoms with Crippen molar-refractivity contribution in [3.63, 3.8) is 0 Å². The highest BCUT2D eigenvalue weighted by Crippen LogP contribution is 2.22. The second-order valence-electron chi connectivity index (χ2n) is 4.01. The van der Waals surface area contributed by atoms with Crippen LogP contribution in [0, 0.1) is 17.2 Å². The zero-order chi connectivity index (χ0) is 12.1. The van der Waals surface area contributed by atoms with Gasteiger partial charge in [0, 0.05) is 24.8 Å². The predicted octanol–water partition coefficient (Wildman–Crippen LogP) is 2.08. The molecule has 1 amide bonds. The lowest BCUT2D eigenvalue weighted by Gasteiger charge is -2.21. The summed E-state index contributed by atoms with van der Waals surface area (Å²) in [6.45, 7) is 3.88. The van der Waals surface area contributed by atoms with Crippen LogP contribution in [0.25, 0.3) is 0 Å².